The van der Waals surface area contributed by atoms with E-state index < -0.39 is 17.3 Å². The molecule has 0 aromatic heterocycles. The first-order chi connectivity index (χ1) is 12.3. The van der Waals surface area contributed by atoms with Gasteiger partial charge in [0.05, 0.1) is 5.56 Å². The molecule has 0 saturated carbocycles. The predicted octanol–water partition coefficient (Wildman–Crippen LogP) is 3.32. The predicted molar refractivity (Wildman–Crippen MR) is 106 cm³/mol. The molecule has 0 unspecified atom stereocenters. The minimum Gasteiger partial charge on any atom is -0.368 e. The number of nitrogens with two attached hydrogens (primary N) is 2. The van der Waals surface area contributed by atoms with Gasteiger partial charge in [0.15, 0.2) is 5.66 Å². The third kappa shape index (κ3) is 4.25. The van der Waals surface area contributed by atoms with Gasteiger partial charge in [0.25, 0.3) is 0 Å². The van der Waals surface area contributed by atoms with Crippen molar-refractivity contribution in [3.63, 3.8) is 0 Å². The molecule has 0 aliphatic carbocycles. The number of nitrogens with zero attached hydrogens (tertiary/aromatic N) is 3. The van der Waals surface area contributed by atoms with Gasteiger partial charge < -0.3 is 11.5 Å². The molecule has 3 rings (SSSR count). The van der Waals surface area contributed by atoms with Crippen LogP contribution >= 0.6 is 17.0 Å². The fourth-order valence-corrected chi connectivity index (χ4v) is 2.73. The molecule has 2 aromatic rings. The fraction of sp³-hybridized carbons (Fsp3) is 0.222. The Morgan fingerprint density at radius 2 is 1.74 bits per heavy atom. The lowest BCUT2D eigenvalue weighted by molar-refractivity contribution is -0.167. The normalized spacial score (nSPS) is 15.6. The van der Waals surface area contributed by atoms with Gasteiger partial charge in [0, 0.05) is 5.56 Å². The molecule has 0 bridgehead atoms. The van der Waals surface area contributed by atoms with Gasteiger partial charge in [0.1, 0.15) is 18.2 Å². The van der Waals surface area contributed by atoms with Crippen molar-refractivity contribution in [2.24, 2.45) is 21.5 Å². The summed E-state index contributed by atoms with van der Waals surface area (Å²) in [7, 11) is 0. The van der Waals surface area contributed by atoms with E-state index in [9.17, 15) is 8.78 Å². The summed E-state index contributed by atoms with van der Waals surface area (Å²) < 4.78 is 29.1. The van der Waals surface area contributed by atoms with Gasteiger partial charge in [-0.05, 0) is 25.5 Å². The number of benzene rings is 2. The molecule has 0 amide bonds. The fourth-order valence-electron chi connectivity index (χ4n) is 2.73. The van der Waals surface area contributed by atoms with Gasteiger partial charge in [0.2, 0.25) is 11.9 Å². The maximum absolute atomic E-state index is 14.9. The Hall–Kier alpha value is -2.52. The highest BCUT2D eigenvalue weighted by atomic mass is 79.9. The number of guanidine groups is 2. The van der Waals surface area contributed by atoms with E-state index in [0.29, 0.717) is 5.56 Å². The molecular formula is C18H20BrF2N5O. The minimum absolute atomic E-state index is 0. The SMILES string of the molecule is Br.CC1(C)N=C(N)N=C(N)N1OCc1ccc(F)c(-c2ccccc2)c1F. The largest absolute Gasteiger partial charge is 0.368 e. The van der Waals surface area contributed by atoms with Crippen LogP contribution in [0.4, 0.5) is 8.78 Å². The van der Waals surface area contributed by atoms with Crippen molar-refractivity contribution in [1.29, 1.82) is 0 Å². The summed E-state index contributed by atoms with van der Waals surface area (Å²) >= 11 is 0. The zero-order valence-electron chi connectivity index (χ0n) is 14.8. The van der Waals surface area contributed by atoms with Crippen molar-refractivity contribution in [2.75, 3.05) is 0 Å². The zero-order valence-corrected chi connectivity index (χ0v) is 16.5. The maximum Gasteiger partial charge on any atom is 0.226 e. The number of rotatable bonds is 4. The highest BCUT2D eigenvalue weighted by Crippen LogP contribution is 2.29. The van der Waals surface area contributed by atoms with Crippen LogP contribution in [-0.4, -0.2) is 22.6 Å². The van der Waals surface area contributed by atoms with E-state index in [1.807, 2.05) is 0 Å². The first kappa shape index (κ1) is 20.8. The summed E-state index contributed by atoms with van der Waals surface area (Å²) in [6.45, 7) is 3.26. The molecule has 1 aliphatic heterocycles. The van der Waals surface area contributed by atoms with Gasteiger partial charge in [-0.1, -0.05) is 36.4 Å². The molecule has 0 fully saturated rings. The van der Waals surface area contributed by atoms with E-state index in [2.05, 4.69) is 9.98 Å². The van der Waals surface area contributed by atoms with Gasteiger partial charge in [-0.25, -0.2) is 13.8 Å². The Kier molecular flexibility index (Phi) is 6.17. The smallest absolute Gasteiger partial charge is 0.226 e. The Bertz CT molecular complexity index is 887. The molecule has 1 heterocycles. The van der Waals surface area contributed by atoms with E-state index in [4.69, 9.17) is 16.3 Å². The van der Waals surface area contributed by atoms with Crippen LogP contribution in [0.5, 0.6) is 0 Å². The number of halogens is 3. The van der Waals surface area contributed by atoms with Gasteiger partial charge in [-0.15, -0.1) is 17.0 Å². The van der Waals surface area contributed by atoms with Crippen LogP contribution in [0.15, 0.2) is 52.4 Å². The van der Waals surface area contributed by atoms with Crippen molar-refractivity contribution >= 4 is 28.9 Å². The second-order valence-electron chi connectivity index (χ2n) is 6.26. The molecule has 6 nitrogen and oxygen atoms in total. The molecular weight excluding hydrogens is 420 g/mol. The molecule has 27 heavy (non-hydrogen) atoms. The Morgan fingerprint density at radius 1 is 1.07 bits per heavy atom. The molecule has 144 valence electrons. The molecule has 2 aromatic carbocycles. The Morgan fingerprint density at radius 3 is 2.37 bits per heavy atom. The van der Waals surface area contributed by atoms with Gasteiger partial charge in [-0.3, -0.25) is 4.84 Å². The summed E-state index contributed by atoms with van der Waals surface area (Å²) in [6, 6.07) is 11.0. The van der Waals surface area contributed by atoms with Crippen molar-refractivity contribution in [1.82, 2.24) is 5.06 Å². The first-order valence-corrected chi connectivity index (χ1v) is 7.94. The number of hydrogen-bond donors (Lipinski definition) is 2. The lowest BCUT2D eigenvalue weighted by Gasteiger charge is -2.36. The number of hydrogen-bond acceptors (Lipinski definition) is 6. The monoisotopic (exact) mass is 439 g/mol. The van der Waals surface area contributed by atoms with Crippen LogP contribution in [0, 0.1) is 11.6 Å². The molecule has 0 spiro atoms. The minimum atomic E-state index is -0.908. The van der Waals surface area contributed by atoms with E-state index in [0.717, 1.165) is 0 Å². The van der Waals surface area contributed by atoms with Crippen LogP contribution in [0.1, 0.15) is 19.4 Å². The lowest BCUT2D eigenvalue weighted by atomic mass is 10.0. The average molecular weight is 440 g/mol. The maximum atomic E-state index is 14.9. The van der Waals surface area contributed by atoms with Crippen LogP contribution in [0.25, 0.3) is 11.1 Å². The Balaban J connectivity index is 0.00000261. The van der Waals surface area contributed by atoms with Crippen molar-refractivity contribution in [2.45, 2.75) is 26.1 Å². The number of hydroxylamine groups is 2. The summed E-state index contributed by atoms with van der Waals surface area (Å²) in [6.07, 6.45) is 0. The summed E-state index contributed by atoms with van der Waals surface area (Å²) in [4.78, 5) is 13.6. The topological polar surface area (TPSA) is 89.2 Å². The van der Waals surface area contributed by atoms with E-state index in [1.165, 1.54) is 17.2 Å². The molecule has 1 aliphatic rings. The van der Waals surface area contributed by atoms with Crippen molar-refractivity contribution < 1.29 is 13.6 Å². The summed E-state index contributed by atoms with van der Waals surface area (Å²) in [5.41, 5.74) is 11.0. The van der Waals surface area contributed by atoms with E-state index in [-0.39, 0.29) is 46.6 Å². The van der Waals surface area contributed by atoms with Gasteiger partial charge in [-0.2, -0.15) is 10.1 Å². The molecule has 0 radical (unpaired) electrons. The van der Waals surface area contributed by atoms with Gasteiger partial charge >= 0.3 is 0 Å². The van der Waals surface area contributed by atoms with E-state index >= 15 is 0 Å². The van der Waals surface area contributed by atoms with Crippen molar-refractivity contribution in [3.05, 3.63) is 59.7 Å². The average Bonchev–Trinajstić information content (AvgIpc) is 2.56. The third-order valence-electron chi connectivity index (χ3n) is 3.91. The number of aliphatic imine (C=N–C) groups is 2. The molecule has 9 heteroatoms. The molecule has 4 N–H and O–H groups in total. The summed E-state index contributed by atoms with van der Waals surface area (Å²) in [5.74, 6) is -1.29. The zero-order chi connectivity index (χ0) is 18.9. The van der Waals surface area contributed by atoms with Crippen LogP contribution < -0.4 is 11.5 Å². The second kappa shape index (κ2) is 8.01. The van der Waals surface area contributed by atoms with Crippen LogP contribution in [0.2, 0.25) is 0 Å². The second-order valence-corrected chi connectivity index (χ2v) is 6.26. The van der Waals surface area contributed by atoms with Crippen LogP contribution in [-0.2, 0) is 11.4 Å². The first-order valence-electron chi connectivity index (χ1n) is 7.94. The highest BCUT2D eigenvalue weighted by Gasteiger charge is 2.33. The lowest BCUT2D eigenvalue weighted by Crippen LogP contribution is -2.53. The van der Waals surface area contributed by atoms with Crippen molar-refractivity contribution in [3.8, 4) is 11.1 Å². The Labute approximate surface area is 166 Å². The van der Waals surface area contributed by atoms with E-state index in [1.54, 1.807) is 44.2 Å². The quantitative estimate of drug-likeness (QED) is 0.764. The summed E-state index contributed by atoms with van der Waals surface area (Å²) in [5, 5.41) is 1.24. The molecule has 0 atom stereocenters. The van der Waals surface area contributed by atoms with Crippen LogP contribution in [0.3, 0.4) is 0 Å². The third-order valence-corrected chi connectivity index (χ3v) is 3.91. The highest BCUT2D eigenvalue weighted by molar-refractivity contribution is 8.93. The molecule has 0 saturated heterocycles. The standard InChI is InChI=1S/C18H19F2N5O.BrH/c1-18(2)24-16(21)23-17(22)25(18)26-10-12-8-9-13(19)14(15(12)20)11-6-4-3-5-7-11;/h3-9H,10H2,1-2H3,(H4,21,22,23,24);1H.